The molecular weight excluding hydrogens is 332 g/mol. The van der Waals surface area contributed by atoms with Crippen molar-refractivity contribution in [3.8, 4) is 28.9 Å². The molecular formula is C20H20N2O4. The first kappa shape index (κ1) is 17.7. The summed E-state index contributed by atoms with van der Waals surface area (Å²) in [5.74, 6) is 2.09. The van der Waals surface area contributed by atoms with Crippen LogP contribution in [0.15, 0.2) is 54.6 Å². The third-order valence-electron chi connectivity index (χ3n) is 4.01. The second-order valence-electron chi connectivity index (χ2n) is 5.57. The Hall–Kier alpha value is -3.12. The maximum atomic E-state index is 10.6. The summed E-state index contributed by atoms with van der Waals surface area (Å²) in [6.45, 7) is 0. The fourth-order valence-corrected chi connectivity index (χ4v) is 2.54. The van der Waals surface area contributed by atoms with E-state index >= 15 is 0 Å². The predicted octanol–water partition coefficient (Wildman–Crippen LogP) is 3.25. The maximum absolute atomic E-state index is 10.6. The molecule has 0 radical (unpaired) electrons. The van der Waals surface area contributed by atoms with Crippen molar-refractivity contribution in [3.05, 3.63) is 65.7 Å². The van der Waals surface area contributed by atoms with Crippen molar-refractivity contribution in [2.45, 2.75) is 6.10 Å². The highest BCUT2D eigenvalue weighted by Gasteiger charge is 2.12. The van der Waals surface area contributed by atoms with E-state index in [2.05, 4.69) is 9.97 Å². The summed E-state index contributed by atoms with van der Waals surface area (Å²) in [4.78, 5) is 8.66. The van der Waals surface area contributed by atoms with Crippen LogP contribution in [0.3, 0.4) is 0 Å². The van der Waals surface area contributed by atoms with Gasteiger partial charge in [-0.25, -0.2) is 0 Å². The molecule has 134 valence electrons. The van der Waals surface area contributed by atoms with Crippen LogP contribution in [0.5, 0.6) is 17.5 Å². The number of hydrogen-bond acceptors (Lipinski definition) is 6. The second-order valence-corrected chi connectivity index (χ2v) is 5.57. The molecule has 1 N–H and O–H groups in total. The minimum absolute atomic E-state index is 0.425. The van der Waals surface area contributed by atoms with E-state index in [1.165, 1.54) is 0 Å². The molecule has 3 rings (SSSR count). The van der Waals surface area contributed by atoms with Gasteiger partial charge in [0.25, 0.3) is 0 Å². The summed E-state index contributed by atoms with van der Waals surface area (Å²) in [6.07, 6.45) is -0.726. The van der Waals surface area contributed by atoms with Crippen molar-refractivity contribution >= 4 is 0 Å². The van der Waals surface area contributed by atoms with Crippen LogP contribution < -0.4 is 14.2 Å². The van der Waals surface area contributed by atoms with E-state index in [1.54, 1.807) is 27.4 Å². The number of methoxy groups -OCH3 is 3. The Bertz CT molecular complexity index is 842. The lowest BCUT2D eigenvalue weighted by molar-refractivity contribution is 0.220. The highest BCUT2D eigenvalue weighted by Crippen LogP contribution is 2.27. The van der Waals surface area contributed by atoms with Crippen LogP contribution >= 0.6 is 0 Å². The van der Waals surface area contributed by atoms with Gasteiger partial charge in [0.05, 0.1) is 27.4 Å². The lowest BCUT2D eigenvalue weighted by Gasteiger charge is -2.13. The van der Waals surface area contributed by atoms with Gasteiger partial charge in [-0.1, -0.05) is 36.4 Å². The normalized spacial score (nSPS) is 11.7. The molecule has 6 nitrogen and oxygen atoms in total. The zero-order chi connectivity index (χ0) is 18.5. The van der Waals surface area contributed by atoms with Gasteiger partial charge in [-0.3, -0.25) is 0 Å². The molecule has 0 saturated heterocycles. The average Bonchev–Trinajstić information content (AvgIpc) is 2.73. The number of hydrogen-bond donors (Lipinski definition) is 1. The zero-order valence-electron chi connectivity index (χ0n) is 14.8. The summed E-state index contributed by atoms with van der Waals surface area (Å²) >= 11 is 0. The van der Waals surface area contributed by atoms with Crippen LogP contribution in [-0.2, 0) is 0 Å². The predicted molar refractivity (Wildman–Crippen MR) is 97.6 cm³/mol. The van der Waals surface area contributed by atoms with Gasteiger partial charge in [-0.15, -0.1) is 0 Å². The Morgan fingerprint density at radius 2 is 1.23 bits per heavy atom. The van der Waals surface area contributed by atoms with Crippen molar-refractivity contribution in [2.24, 2.45) is 0 Å². The van der Waals surface area contributed by atoms with Crippen molar-refractivity contribution in [1.29, 1.82) is 0 Å². The van der Waals surface area contributed by atoms with Gasteiger partial charge in [0.1, 0.15) is 11.9 Å². The molecule has 2 aromatic carbocycles. The van der Waals surface area contributed by atoms with Crippen LogP contribution in [0.25, 0.3) is 11.4 Å². The summed E-state index contributed by atoms with van der Waals surface area (Å²) < 4.78 is 15.5. The summed E-state index contributed by atoms with van der Waals surface area (Å²) in [7, 11) is 4.69. The monoisotopic (exact) mass is 352 g/mol. The molecule has 0 aliphatic rings. The molecule has 0 amide bonds. The van der Waals surface area contributed by atoms with Crippen molar-refractivity contribution in [2.75, 3.05) is 21.3 Å². The summed E-state index contributed by atoms with van der Waals surface area (Å²) in [5.41, 5.74) is 2.36. The molecule has 1 heterocycles. The fourth-order valence-electron chi connectivity index (χ4n) is 2.54. The largest absolute Gasteiger partial charge is 0.497 e. The Morgan fingerprint density at radius 3 is 1.69 bits per heavy atom. The van der Waals surface area contributed by atoms with E-state index in [-0.39, 0.29) is 0 Å². The SMILES string of the molecule is COc1ccc(C(O)c2ccc(-c3nc(OC)cc(OC)n3)cc2)cc1. The molecule has 0 fully saturated rings. The quantitative estimate of drug-likeness (QED) is 0.734. The third-order valence-corrected chi connectivity index (χ3v) is 4.01. The standard InChI is InChI=1S/C20H20N2O4/c1-24-16-10-8-14(9-11-16)19(23)13-4-6-15(7-5-13)20-21-17(25-2)12-18(22-20)26-3/h4-12,19,23H,1-3H3. The number of aliphatic hydroxyl groups excluding tert-OH is 1. The van der Waals surface area contributed by atoms with E-state index in [0.717, 1.165) is 22.4 Å². The molecule has 1 aromatic heterocycles. The maximum Gasteiger partial charge on any atom is 0.220 e. The number of ether oxygens (including phenoxy) is 3. The smallest absolute Gasteiger partial charge is 0.220 e. The number of benzene rings is 2. The third kappa shape index (κ3) is 3.75. The molecule has 26 heavy (non-hydrogen) atoms. The molecule has 3 aromatic rings. The van der Waals surface area contributed by atoms with Gasteiger partial charge in [0.2, 0.25) is 11.8 Å². The lowest BCUT2D eigenvalue weighted by Crippen LogP contribution is -2.00. The topological polar surface area (TPSA) is 73.7 Å². The molecule has 1 unspecified atom stereocenters. The average molecular weight is 352 g/mol. The first-order valence-electron chi connectivity index (χ1n) is 8.04. The highest BCUT2D eigenvalue weighted by molar-refractivity contribution is 5.57. The molecule has 0 bridgehead atoms. The number of rotatable bonds is 6. The van der Waals surface area contributed by atoms with E-state index in [4.69, 9.17) is 14.2 Å². The van der Waals surface area contributed by atoms with Crippen molar-refractivity contribution in [1.82, 2.24) is 9.97 Å². The number of aliphatic hydroxyl groups is 1. The molecule has 0 saturated carbocycles. The minimum atomic E-state index is -0.726. The van der Waals surface area contributed by atoms with E-state index in [9.17, 15) is 5.11 Å². The summed E-state index contributed by atoms with van der Waals surface area (Å²) in [5, 5.41) is 10.6. The van der Waals surface area contributed by atoms with E-state index in [1.807, 2.05) is 48.5 Å². The Kier molecular flexibility index (Phi) is 5.34. The Morgan fingerprint density at radius 1 is 0.731 bits per heavy atom. The lowest BCUT2D eigenvalue weighted by atomic mass is 10.00. The van der Waals surface area contributed by atoms with Crippen molar-refractivity contribution in [3.63, 3.8) is 0 Å². The first-order valence-corrected chi connectivity index (χ1v) is 8.04. The first-order chi connectivity index (χ1) is 12.6. The zero-order valence-corrected chi connectivity index (χ0v) is 14.8. The van der Waals surface area contributed by atoms with Gasteiger partial charge in [0, 0.05) is 5.56 Å². The van der Waals surface area contributed by atoms with Crippen LogP contribution in [-0.4, -0.2) is 36.4 Å². The summed E-state index contributed by atoms with van der Waals surface area (Å²) in [6, 6.07) is 16.4. The van der Waals surface area contributed by atoms with Crippen LogP contribution in [0.1, 0.15) is 17.2 Å². The highest BCUT2D eigenvalue weighted by atomic mass is 16.5. The Labute approximate surface area is 152 Å². The molecule has 0 aliphatic carbocycles. The molecule has 0 spiro atoms. The second kappa shape index (κ2) is 7.84. The van der Waals surface area contributed by atoms with E-state index < -0.39 is 6.10 Å². The van der Waals surface area contributed by atoms with Gasteiger partial charge in [0.15, 0.2) is 5.82 Å². The molecule has 6 heteroatoms. The van der Waals surface area contributed by atoms with Crippen LogP contribution in [0, 0.1) is 0 Å². The van der Waals surface area contributed by atoms with Crippen LogP contribution in [0.2, 0.25) is 0 Å². The number of nitrogens with zero attached hydrogens (tertiary/aromatic N) is 2. The number of aromatic nitrogens is 2. The van der Waals surface area contributed by atoms with Gasteiger partial charge < -0.3 is 19.3 Å². The van der Waals surface area contributed by atoms with E-state index in [0.29, 0.717) is 17.6 Å². The van der Waals surface area contributed by atoms with Crippen molar-refractivity contribution < 1.29 is 19.3 Å². The van der Waals surface area contributed by atoms with Crippen LogP contribution in [0.4, 0.5) is 0 Å². The van der Waals surface area contributed by atoms with Gasteiger partial charge in [-0.05, 0) is 23.3 Å². The van der Waals surface area contributed by atoms with Gasteiger partial charge in [-0.2, -0.15) is 9.97 Å². The Balaban J connectivity index is 1.86. The minimum Gasteiger partial charge on any atom is -0.497 e. The molecule has 1 atom stereocenters. The molecule has 0 aliphatic heterocycles. The fraction of sp³-hybridized carbons (Fsp3) is 0.200. The van der Waals surface area contributed by atoms with Gasteiger partial charge >= 0.3 is 0 Å².